The second-order valence-corrected chi connectivity index (χ2v) is 5.90. The van der Waals surface area contributed by atoms with Crippen molar-refractivity contribution in [1.82, 2.24) is 15.1 Å². The molecule has 0 saturated carbocycles. The molecule has 0 radical (unpaired) electrons. The van der Waals surface area contributed by atoms with Gasteiger partial charge in [0.25, 0.3) is 0 Å². The number of halogens is 1. The Hall–Kier alpha value is -2.38. The SMILES string of the molecule is CCCC(C)(N)C(=O)NCC(=O)Nc1ccc(-n2cccn2)cc1.Cl. The zero-order chi connectivity index (χ0) is 17.6. The van der Waals surface area contributed by atoms with Crippen LogP contribution in [-0.4, -0.2) is 33.7 Å². The van der Waals surface area contributed by atoms with Crippen LogP contribution in [0.5, 0.6) is 0 Å². The molecule has 0 saturated heterocycles. The van der Waals surface area contributed by atoms with Gasteiger partial charge in [-0.25, -0.2) is 4.68 Å². The molecule has 1 atom stereocenters. The molecule has 8 heteroatoms. The number of hydrogen-bond donors (Lipinski definition) is 3. The van der Waals surface area contributed by atoms with E-state index in [4.69, 9.17) is 5.73 Å². The molecular formula is C17H24ClN5O2. The molecule has 2 rings (SSSR count). The lowest BCUT2D eigenvalue weighted by molar-refractivity contribution is -0.128. The predicted molar refractivity (Wildman–Crippen MR) is 100.0 cm³/mol. The van der Waals surface area contributed by atoms with Gasteiger partial charge in [-0.2, -0.15) is 5.10 Å². The number of benzene rings is 1. The van der Waals surface area contributed by atoms with Crippen molar-refractivity contribution in [2.45, 2.75) is 32.2 Å². The van der Waals surface area contributed by atoms with Gasteiger partial charge in [0.15, 0.2) is 0 Å². The normalized spacial score (nSPS) is 12.6. The Morgan fingerprint density at radius 2 is 1.96 bits per heavy atom. The van der Waals surface area contributed by atoms with Crippen molar-refractivity contribution < 1.29 is 9.59 Å². The molecule has 0 aliphatic carbocycles. The van der Waals surface area contributed by atoms with E-state index in [-0.39, 0.29) is 30.8 Å². The molecule has 1 unspecified atom stereocenters. The van der Waals surface area contributed by atoms with Gasteiger partial charge in [0.2, 0.25) is 11.8 Å². The van der Waals surface area contributed by atoms with Crippen molar-refractivity contribution in [2.24, 2.45) is 5.73 Å². The zero-order valence-corrected chi connectivity index (χ0v) is 15.2. The summed E-state index contributed by atoms with van der Waals surface area (Å²) in [6.07, 6.45) is 4.90. The molecular weight excluding hydrogens is 342 g/mol. The number of nitrogens with one attached hydrogen (secondary N) is 2. The summed E-state index contributed by atoms with van der Waals surface area (Å²) < 4.78 is 1.72. The summed E-state index contributed by atoms with van der Waals surface area (Å²) in [7, 11) is 0. The fourth-order valence-corrected chi connectivity index (χ4v) is 2.32. The number of rotatable bonds is 7. The summed E-state index contributed by atoms with van der Waals surface area (Å²) in [5, 5.41) is 9.43. The van der Waals surface area contributed by atoms with Crippen molar-refractivity contribution in [3.8, 4) is 5.69 Å². The number of carbonyl (C=O) groups excluding carboxylic acids is 2. The molecule has 2 aromatic rings. The van der Waals surface area contributed by atoms with Gasteiger partial charge < -0.3 is 16.4 Å². The summed E-state index contributed by atoms with van der Waals surface area (Å²) in [5.74, 6) is -0.629. The smallest absolute Gasteiger partial charge is 0.243 e. The maximum Gasteiger partial charge on any atom is 0.243 e. The van der Waals surface area contributed by atoms with Gasteiger partial charge >= 0.3 is 0 Å². The standard InChI is InChI=1S/C17H23N5O2.ClH/c1-3-9-17(2,18)16(24)19-12-15(23)21-13-5-7-14(8-6-13)22-11-4-10-20-22;/h4-8,10-11H,3,9,12,18H2,1-2H3,(H,19,24)(H,21,23);1H. The number of nitrogens with two attached hydrogens (primary N) is 1. The highest BCUT2D eigenvalue weighted by Crippen LogP contribution is 2.12. The first-order chi connectivity index (χ1) is 11.4. The summed E-state index contributed by atoms with van der Waals surface area (Å²) in [5.41, 5.74) is 6.50. The second kappa shape index (κ2) is 9.19. The maximum absolute atomic E-state index is 12.0. The Bertz CT molecular complexity index is 684. The molecule has 7 nitrogen and oxygen atoms in total. The average molecular weight is 366 g/mol. The Labute approximate surface area is 153 Å². The Morgan fingerprint density at radius 1 is 1.28 bits per heavy atom. The molecule has 25 heavy (non-hydrogen) atoms. The minimum Gasteiger partial charge on any atom is -0.345 e. The lowest BCUT2D eigenvalue weighted by atomic mass is 9.96. The Morgan fingerprint density at radius 3 is 2.52 bits per heavy atom. The lowest BCUT2D eigenvalue weighted by Gasteiger charge is -2.22. The second-order valence-electron chi connectivity index (χ2n) is 5.90. The van der Waals surface area contributed by atoms with E-state index >= 15 is 0 Å². The topological polar surface area (TPSA) is 102 Å². The monoisotopic (exact) mass is 365 g/mol. The number of anilines is 1. The number of hydrogen-bond acceptors (Lipinski definition) is 4. The van der Waals surface area contributed by atoms with Gasteiger partial charge in [-0.3, -0.25) is 9.59 Å². The van der Waals surface area contributed by atoms with Crippen molar-refractivity contribution in [3.63, 3.8) is 0 Å². The first-order valence-electron chi connectivity index (χ1n) is 7.89. The Balaban J connectivity index is 0.00000312. The van der Waals surface area contributed by atoms with Crippen LogP contribution in [0.4, 0.5) is 5.69 Å². The molecule has 0 spiro atoms. The minimum atomic E-state index is -0.958. The molecule has 0 bridgehead atoms. The lowest BCUT2D eigenvalue weighted by Crippen LogP contribution is -2.52. The van der Waals surface area contributed by atoms with Crippen LogP contribution in [0.2, 0.25) is 0 Å². The van der Waals surface area contributed by atoms with E-state index in [1.807, 2.05) is 31.3 Å². The van der Waals surface area contributed by atoms with E-state index in [0.717, 1.165) is 12.1 Å². The number of amides is 2. The van der Waals surface area contributed by atoms with Crippen LogP contribution >= 0.6 is 12.4 Å². The first kappa shape index (κ1) is 20.7. The van der Waals surface area contributed by atoms with Gasteiger partial charge in [-0.05, 0) is 43.7 Å². The number of carbonyl (C=O) groups is 2. The number of nitrogens with zero attached hydrogens (tertiary/aromatic N) is 2. The molecule has 0 fully saturated rings. The van der Waals surface area contributed by atoms with Crippen LogP contribution in [0.15, 0.2) is 42.7 Å². The predicted octanol–water partition coefficient (Wildman–Crippen LogP) is 1.87. The van der Waals surface area contributed by atoms with Crippen LogP contribution in [0.1, 0.15) is 26.7 Å². The molecule has 2 amide bonds. The summed E-state index contributed by atoms with van der Waals surface area (Å²) in [6.45, 7) is 3.51. The molecule has 136 valence electrons. The molecule has 1 aromatic carbocycles. The number of aromatic nitrogens is 2. The van der Waals surface area contributed by atoms with Crippen LogP contribution in [0, 0.1) is 0 Å². The minimum absolute atomic E-state index is 0. The van der Waals surface area contributed by atoms with E-state index < -0.39 is 5.54 Å². The van der Waals surface area contributed by atoms with Crippen LogP contribution in [0.25, 0.3) is 5.69 Å². The molecule has 0 aliphatic rings. The van der Waals surface area contributed by atoms with Crippen molar-refractivity contribution >= 4 is 29.9 Å². The molecule has 1 aromatic heterocycles. The third-order valence-electron chi connectivity index (χ3n) is 3.62. The van der Waals surface area contributed by atoms with Crippen molar-refractivity contribution in [3.05, 3.63) is 42.7 Å². The summed E-state index contributed by atoms with van der Waals surface area (Å²) in [4.78, 5) is 23.9. The van der Waals surface area contributed by atoms with Gasteiger partial charge in [0.1, 0.15) is 0 Å². The van der Waals surface area contributed by atoms with E-state index in [1.54, 1.807) is 29.9 Å². The largest absolute Gasteiger partial charge is 0.345 e. The van der Waals surface area contributed by atoms with E-state index in [2.05, 4.69) is 15.7 Å². The highest BCUT2D eigenvalue weighted by Gasteiger charge is 2.27. The van der Waals surface area contributed by atoms with Crippen molar-refractivity contribution in [1.29, 1.82) is 0 Å². The fraction of sp³-hybridized carbons (Fsp3) is 0.353. The Kier molecular flexibility index (Phi) is 7.60. The van der Waals surface area contributed by atoms with Gasteiger partial charge in [-0.15, -0.1) is 12.4 Å². The van der Waals surface area contributed by atoms with E-state index in [1.165, 1.54) is 0 Å². The van der Waals surface area contributed by atoms with Crippen molar-refractivity contribution in [2.75, 3.05) is 11.9 Å². The van der Waals surface area contributed by atoms with Gasteiger partial charge in [-0.1, -0.05) is 13.3 Å². The van der Waals surface area contributed by atoms with Crippen LogP contribution in [0.3, 0.4) is 0 Å². The van der Waals surface area contributed by atoms with Gasteiger partial charge in [0, 0.05) is 18.1 Å². The highest BCUT2D eigenvalue weighted by molar-refractivity contribution is 5.96. The molecule has 1 heterocycles. The van der Waals surface area contributed by atoms with Crippen LogP contribution in [-0.2, 0) is 9.59 Å². The average Bonchev–Trinajstić information content (AvgIpc) is 3.07. The van der Waals surface area contributed by atoms with E-state index in [9.17, 15) is 9.59 Å². The first-order valence-corrected chi connectivity index (χ1v) is 7.89. The molecule has 4 N–H and O–H groups in total. The van der Waals surface area contributed by atoms with Gasteiger partial charge in [0.05, 0.1) is 17.8 Å². The third kappa shape index (κ3) is 5.88. The summed E-state index contributed by atoms with van der Waals surface area (Å²) in [6, 6.07) is 9.09. The third-order valence-corrected chi connectivity index (χ3v) is 3.62. The van der Waals surface area contributed by atoms with E-state index in [0.29, 0.717) is 12.1 Å². The molecule has 0 aliphatic heterocycles. The summed E-state index contributed by atoms with van der Waals surface area (Å²) >= 11 is 0. The van der Waals surface area contributed by atoms with Crippen LogP contribution < -0.4 is 16.4 Å². The maximum atomic E-state index is 12.0. The fourth-order valence-electron chi connectivity index (χ4n) is 2.32. The quantitative estimate of drug-likeness (QED) is 0.697. The highest BCUT2D eigenvalue weighted by atomic mass is 35.5. The zero-order valence-electron chi connectivity index (χ0n) is 14.4.